The molecule has 0 aromatic heterocycles. The lowest BCUT2D eigenvalue weighted by Gasteiger charge is -2.22. The minimum absolute atomic E-state index is 0.199. The largest absolute Gasteiger partial charge is 0.296 e. The van der Waals surface area contributed by atoms with Crippen molar-refractivity contribution in [2.45, 2.75) is 18.8 Å². The topological polar surface area (TPSA) is 46.2 Å². The van der Waals surface area contributed by atoms with Crippen LogP contribution in [0.4, 0.5) is 0 Å². The van der Waals surface area contributed by atoms with Crippen molar-refractivity contribution in [3.63, 3.8) is 0 Å². The van der Waals surface area contributed by atoms with Crippen molar-refractivity contribution in [2.24, 2.45) is 0 Å². The minimum Gasteiger partial charge on any atom is -0.296 e. The lowest BCUT2D eigenvalue weighted by Crippen LogP contribution is -2.32. The third kappa shape index (κ3) is 1.44. The number of carbonyl (C=O) groups excluding carboxylic acids is 2. The van der Waals surface area contributed by atoms with Gasteiger partial charge in [0.05, 0.1) is 5.41 Å². The first-order valence-electron chi connectivity index (χ1n) is 5.94. The second-order valence-corrected chi connectivity index (χ2v) is 4.91. The summed E-state index contributed by atoms with van der Waals surface area (Å²) in [5.74, 6) is -0.403. The van der Waals surface area contributed by atoms with Crippen molar-refractivity contribution in [1.29, 1.82) is 0 Å². The van der Waals surface area contributed by atoms with Crippen LogP contribution in [0.2, 0.25) is 0 Å². The highest BCUT2D eigenvalue weighted by atomic mass is 16.2. The maximum Gasteiger partial charge on any atom is 0.237 e. The van der Waals surface area contributed by atoms with Crippen LogP contribution >= 0.6 is 0 Å². The van der Waals surface area contributed by atoms with E-state index in [0.717, 1.165) is 16.3 Å². The van der Waals surface area contributed by atoms with Crippen LogP contribution < -0.4 is 5.32 Å². The molecular formula is C15H13NO2. The molecular weight excluding hydrogens is 226 g/mol. The van der Waals surface area contributed by atoms with E-state index < -0.39 is 5.41 Å². The Morgan fingerprint density at radius 1 is 1.06 bits per heavy atom. The molecule has 3 heteroatoms. The number of hydrogen-bond donors (Lipinski definition) is 1. The predicted octanol–water partition coefficient (Wildman–Crippen LogP) is 2.14. The van der Waals surface area contributed by atoms with Crippen LogP contribution in [0.25, 0.3) is 10.8 Å². The summed E-state index contributed by atoms with van der Waals surface area (Å²) in [4.78, 5) is 23.5. The van der Waals surface area contributed by atoms with Gasteiger partial charge in [-0.3, -0.25) is 14.9 Å². The summed E-state index contributed by atoms with van der Waals surface area (Å²) in [5.41, 5.74) is 0.168. The van der Waals surface area contributed by atoms with Crippen molar-refractivity contribution in [3.8, 4) is 0 Å². The van der Waals surface area contributed by atoms with Gasteiger partial charge in [-0.2, -0.15) is 0 Å². The highest BCUT2D eigenvalue weighted by Crippen LogP contribution is 2.36. The van der Waals surface area contributed by atoms with Crippen molar-refractivity contribution < 1.29 is 9.59 Å². The predicted molar refractivity (Wildman–Crippen MR) is 69.1 cm³/mol. The molecule has 1 atom stereocenters. The Bertz CT molecular complexity index is 657. The van der Waals surface area contributed by atoms with Crippen LogP contribution in [-0.2, 0) is 15.0 Å². The van der Waals surface area contributed by atoms with Crippen LogP contribution in [0.1, 0.15) is 18.9 Å². The normalized spacial score (nSPS) is 23.4. The molecule has 1 unspecified atom stereocenters. The summed E-state index contributed by atoms with van der Waals surface area (Å²) in [6, 6.07) is 13.8. The van der Waals surface area contributed by atoms with Crippen molar-refractivity contribution in [3.05, 3.63) is 48.0 Å². The van der Waals surface area contributed by atoms with Crippen molar-refractivity contribution in [1.82, 2.24) is 5.32 Å². The fraction of sp³-hybridized carbons (Fsp3) is 0.200. The standard InChI is InChI=1S/C15H13NO2/c1-15(9-13(17)16-14(15)18)12-8-4-6-10-5-2-3-7-11(10)12/h2-8H,9H2,1H3,(H,16,17,18). The van der Waals surface area contributed by atoms with Gasteiger partial charge in [-0.1, -0.05) is 42.5 Å². The number of fused-ring (bicyclic) bond motifs is 1. The van der Waals surface area contributed by atoms with E-state index in [1.165, 1.54) is 0 Å². The van der Waals surface area contributed by atoms with Gasteiger partial charge in [0.15, 0.2) is 0 Å². The van der Waals surface area contributed by atoms with Crippen LogP contribution in [0, 0.1) is 0 Å². The van der Waals surface area contributed by atoms with E-state index >= 15 is 0 Å². The molecule has 0 spiro atoms. The molecule has 2 aromatic rings. The van der Waals surface area contributed by atoms with Gasteiger partial charge in [0.2, 0.25) is 11.8 Å². The Kier molecular flexibility index (Phi) is 2.23. The SMILES string of the molecule is CC1(c2cccc3ccccc23)CC(=O)NC1=O. The Balaban J connectivity index is 2.26. The van der Waals surface area contributed by atoms with Gasteiger partial charge in [-0.15, -0.1) is 0 Å². The zero-order chi connectivity index (χ0) is 12.8. The number of imide groups is 1. The second-order valence-electron chi connectivity index (χ2n) is 4.91. The summed E-state index contributed by atoms with van der Waals surface area (Å²) in [5, 5.41) is 4.51. The van der Waals surface area contributed by atoms with E-state index in [9.17, 15) is 9.59 Å². The number of amides is 2. The summed E-state index contributed by atoms with van der Waals surface area (Å²) < 4.78 is 0. The first-order valence-corrected chi connectivity index (χ1v) is 5.94. The molecule has 3 rings (SSSR count). The molecule has 0 saturated carbocycles. The van der Waals surface area contributed by atoms with Gasteiger partial charge in [-0.05, 0) is 23.3 Å². The van der Waals surface area contributed by atoms with E-state index in [1.807, 2.05) is 49.4 Å². The number of nitrogens with one attached hydrogen (secondary N) is 1. The zero-order valence-corrected chi connectivity index (χ0v) is 10.1. The molecule has 1 heterocycles. The van der Waals surface area contributed by atoms with Crippen LogP contribution in [0.3, 0.4) is 0 Å². The Labute approximate surface area is 105 Å². The lowest BCUT2D eigenvalue weighted by atomic mass is 9.78. The maximum absolute atomic E-state index is 12.0. The Morgan fingerprint density at radius 2 is 1.78 bits per heavy atom. The van der Waals surface area contributed by atoms with Crippen molar-refractivity contribution >= 4 is 22.6 Å². The first kappa shape index (κ1) is 11.0. The maximum atomic E-state index is 12.0. The number of benzene rings is 2. The van der Waals surface area contributed by atoms with Gasteiger partial charge in [-0.25, -0.2) is 0 Å². The van der Waals surface area contributed by atoms with Gasteiger partial charge in [0.1, 0.15) is 0 Å². The van der Waals surface area contributed by atoms with Crippen LogP contribution in [-0.4, -0.2) is 11.8 Å². The molecule has 0 aliphatic carbocycles. The minimum atomic E-state index is -0.752. The first-order chi connectivity index (χ1) is 8.61. The third-order valence-corrected chi connectivity index (χ3v) is 3.65. The van der Waals surface area contributed by atoms with Gasteiger partial charge in [0.25, 0.3) is 0 Å². The van der Waals surface area contributed by atoms with Gasteiger partial charge in [0, 0.05) is 6.42 Å². The molecule has 90 valence electrons. The highest BCUT2D eigenvalue weighted by Gasteiger charge is 2.44. The van der Waals surface area contributed by atoms with E-state index in [0.29, 0.717) is 0 Å². The smallest absolute Gasteiger partial charge is 0.237 e. The van der Waals surface area contributed by atoms with E-state index in [-0.39, 0.29) is 18.2 Å². The molecule has 1 fully saturated rings. The van der Waals surface area contributed by atoms with E-state index in [1.54, 1.807) is 0 Å². The number of carbonyl (C=O) groups is 2. The Hall–Kier alpha value is -2.16. The molecule has 1 saturated heterocycles. The zero-order valence-electron chi connectivity index (χ0n) is 10.1. The average molecular weight is 239 g/mol. The quantitative estimate of drug-likeness (QED) is 0.775. The van der Waals surface area contributed by atoms with E-state index in [4.69, 9.17) is 0 Å². The average Bonchev–Trinajstić information content (AvgIpc) is 2.63. The number of hydrogen-bond acceptors (Lipinski definition) is 2. The second kappa shape index (κ2) is 3.67. The molecule has 1 aliphatic rings. The summed E-state index contributed by atoms with van der Waals surface area (Å²) in [6.45, 7) is 1.83. The molecule has 2 aromatic carbocycles. The molecule has 0 radical (unpaired) electrons. The third-order valence-electron chi connectivity index (χ3n) is 3.65. The van der Waals surface area contributed by atoms with Crippen LogP contribution in [0.15, 0.2) is 42.5 Å². The van der Waals surface area contributed by atoms with Gasteiger partial charge < -0.3 is 0 Å². The Morgan fingerprint density at radius 3 is 2.50 bits per heavy atom. The molecule has 0 bridgehead atoms. The summed E-state index contributed by atoms with van der Waals surface area (Å²) in [6.07, 6.45) is 0.222. The monoisotopic (exact) mass is 239 g/mol. The lowest BCUT2D eigenvalue weighted by molar-refractivity contribution is -0.126. The van der Waals surface area contributed by atoms with E-state index in [2.05, 4.69) is 5.32 Å². The fourth-order valence-corrected chi connectivity index (χ4v) is 2.63. The molecule has 2 amide bonds. The molecule has 3 nitrogen and oxygen atoms in total. The summed E-state index contributed by atoms with van der Waals surface area (Å²) in [7, 11) is 0. The van der Waals surface area contributed by atoms with Crippen LogP contribution in [0.5, 0.6) is 0 Å². The van der Waals surface area contributed by atoms with Gasteiger partial charge >= 0.3 is 0 Å². The highest BCUT2D eigenvalue weighted by molar-refractivity contribution is 6.10. The molecule has 1 N–H and O–H groups in total. The fourth-order valence-electron chi connectivity index (χ4n) is 2.63. The molecule has 18 heavy (non-hydrogen) atoms. The van der Waals surface area contributed by atoms with Crippen molar-refractivity contribution in [2.75, 3.05) is 0 Å². The number of rotatable bonds is 1. The summed E-state index contributed by atoms with van der Waals surface area (Å²) >= 11 is 0. The molecule has 1 aliphatic heterocycles.